The van der Waals surface area contributed by atoms with E-state index in [9.17, 15) is 14.3 Å². The molecule has 0 radical (unpaired) electrons. The maximum Gasteiger partial charge on any atom is 0.291 e. The molecule has 1 saturated heterocycles. The first-order chi connectivity index (χ1) is 17.7. The number of piperidine rings is 1. The number of H-pyrrole nitrogens is 1. The van der Waals surface area contributed by atoms with Crippen LogP contribution < -0.4 is 5.32 Å². The van der Waals surface area contributed by atoms with E-state index in [1.54, 1.807) is 0 Å². The Bertz CT molecular complexity index is 1270. The van der Waals surface area contributed by atoms with Crippen LogP contribution in [0.15, 0.2) is 30.5 Å². The van der Waals surface area contributed by atoms with E-state index in [4.69, 9.17) is 5.26 Å². The Kier molecular flexibility index (Phi) is 7.32. The molecule has 3 N–H and O–H groups in total. The van der Waals surface area contributed by atoms with Crippen molar-refractivity contribution >= 4 is 17.2 Å². The molecule has 2 aliphatic rings. The molecular formula is C30H40FN5O2. The first-order valence-electron chi connectivity index (χ1n) is 13.4. The van der Waals surface area contributed by atoms with Gasteiger partial charge >= 0.3 is 0 Å². The molecule has 1 aliphatic heterocycles. The molecule has 204 valence electrons. The molecule has 0 spiro atoms. The van der Waals surface area contributed by atoms with Crippen molar-refractivity contribution in [2.75, 3.05) is 18.5 Å². The number of nitrogens with zero attached hydrogens (tertiary/aromatic N) is 3. The lowest BCUT2D eigenvalue weighted by atomic mass is 9.68. The van der Waals surface area contributed by atoms with Gasteiger partial charge in [0.05, 0.1) is 5.60 Å². The fraction of sp³-hybridized carbons (Fsp3) is 0.567. The zero-order valence-electron chi connectivity index (χ0n) is 23.4. The van der Waals surface area contributed by atoms with Crippen molar-refractivity contribution in [2.45, 2.75) is 90.3 Å². The smallest absolute Gasteiger partial charge is 0.291 e. The number of nitriles is 1. The van der Waals surface area contributed by atoms with Crippen molar-refractivity contribution in [2.24, 2.45) is 5.41 Å². The highest BCUT2D eigenvalue weighted by Crippen LogP contribution is 2.49. The van der Waals surface area contributed by atoms with Gasteiger partial charge in [-0.25, -0.2) is 9.37 Å². The van der Waals surface area contributed by atoms with E-state index in [2.05, 4.69) is 67.8 Å². The van der Waals surface area contributed by atoms with Gasteiger partial charge in [0.1, 0.15) is 12.7 Å². The number of rotatable bonds is 6. The lowest BCUT2D eigenvalue weighted by Gasteiger charge is -2.58. The van der Waals surface area contributed by atoms with Gasteiger partial charge in [-0.15, -0.1) is 0 Å². The van der Waals surface area contributed by atoms with Crippen LogP contribution in [0.3, 0.4) is 0 Å². The SMILES string of the molecule is CC1(C)CC=C(c2cc(C3(O)CC(C)(C)N(CCF)C(C)(C)C3)ccc2NC(=O)c2nc(C#N)c[nH]2)CC1. The van der Waals surface area contributed by atoms with Crippen LogP contribution in [-0.4, -0.2) is 50.2 Å². The number of likely N-dealkylation sites (tertiary alicyclic amines) is 1. The van der Waals surface area contributed by atoms with E-state index in [0.29, 0.717) is 25.1 Å². The van der Waals surface area contributed by atoms with Crippen LogP contribution in [-0.2, 0) is 5.60 Å². The van der Waals surface area contributed by atoms with Crippen molar-refractivity contribution in [3.05, 3.63) is 53.1 Å². The summed E-state index contributed by atoms with van der Waals surface area (Å²) in [6, 6.07) is 7.67. The topological polar surface area (TPSA) is 105 Å². The lowest BCUT2D eigenvalue weighted by Crippen LogP contribution is -2.64. The summed E-state index contributed by atoms with van der Waals surface area (Å²) in [7, 11) is 0. The second kappa shape index (κ2) is 9.94. The summed E-state index contributed by atoms with van der Waals surface area (Å²) in [6.07, 6.45) is 7.36. The number of halogens is 1. The van der Waals surface area contributed by atoms with E-state index >= 15 is 0 Å². The predicted molar refractivity (Wildman–Crippen MR) is 147 cm³/mol. The molecule has 0 unspecified atom stereocenters. The van der Waals surface area contributed by atoms with Crippen molar-refractivity contribution in [3.63, 3.8) is 0 Å². The highest BCUT2D eigenvalue weighted by molar-refractivity contribution is 6.03. The Hall–Kier alpha value is -3.02. The van der Waals surface area contributed by atoms with Crippen molar-refractivity contribution in [1.82, 2.24) is 14.9 Å². The van der Waals surface area contributed by atoms with E-state index in [0.717, 1.165) is 36.0 Å². The first kappa shape index (κ1) is 28.0. The van der Waals surface area contributed by atoms with Gasteiger partial charge < -0.3 is 15.4 Å². The predicted octanol–water partition coefficient (Wildman–Crippen LogP) is 5.94. The van der Waals surface area contributed by atoms with Gasteiger partial charge in [0.2, 0.25) is 0 Å². The van der Waals surface area contributed by atoms with Crippen LogP contribution in [0.25, 0.3) is 5.57 Å². The molecule has 1 aliphatic carbocycles. The number of carbonyl (C=O) groups excluding carboxylic acids is 1. The van der Waals surface area contributed by atoms with Gasteiger partial charge in [-0.1, -0.05) is 26.0 Å². The largest absolute Gasteiger partial charge is 0.385 e. The maximum absolute atomic E-state index is 13.4. The summed E-state index contributed by atoms with van der Waals surface area (Å²) in [5.74, 6) is -0.365. The molecule has 0 bridgehead atoms. The van der Waals surface area contributed by atoms with Crippen LogP contribution in [0.4, 0.5) is 10.1 Å². The third-order valence-electron chi connectivity index (χ3n) is 8.25. The zero-order valence-corrected chi connectivity index (χ0v) is 23.4. The fourth-order valence-corrected chi connectivity index (χ4v) is 6.60. The average Bonchev–Trinajstić information content (AvgIpc) is 3.31. The second-order valence-corrected chi connectivity index (χ2v) is 12.9. The van der Waals surface area contributed by atoms with Crippen molar-refractivity contribution < 1.29 is 14.3 Å². The van der Waals surface area contributed by atoms with Crippen LogP contribution in [0.1, 0.15) is 101 Å². The van der Waals surface area contributed by atoms with Gasteiger partial charge in [-0.2, -0.15) is 5.26 Å². The number of nitrogens with one attached hydrogen (secondary N) is 2. The minimum absolute atomic E-state index is 0.0673. The molecule has 0 saturated carbocycles. The fourth-order valence-electron chi connectivity index (χ4n) is 6.60. The minimum atomic E-state index is -1.12. The number of anilines is 1. The van der Waals surface area contributed by atoms with Gasteiger partial charge in [0, 0.05) is 35.1 Å². The standard InChI is InChI=1S/C30H40FN5O2/c1-27(2)11-9-20(10-12-27)23-15-21(7-8-24(23)35-26(37)25-33-17-22(16-32)34-25)30(38)18-28(3,4)36(14-13-31)29(5,6)19-30/h7-9,15,17,38H,10-14,18-19H2,1-6H3,(H,33,34)(H,35,37). The average molecular weight is 522 g/mol. The van der Waals surface area contributed by atoms with Crippen molar-refractivity contribution in [3.8, 4) is 6.07 Å². The highest BCUT2D eigenvalue weighted by atomic mass is 19.1. The zero-order chi connectivity index (χ0) is 27.9. The molecule has 4 rings (SSSR count). The van der Waals surface area contributed by atoms with E-state index in [1.165, 1.54) is 6.20 Å². The van der Waals surface area contributed by atoms with Gasteiger partial charge in [-0.3, -0.25) is 9.69 Å². The Morgan fingerprint density at radius 2 is 1.89 bits per heavy atom. The minimum Gasteiger partial charge on any atom is -0.385 e. The summed E-state index contributed by atoms with van der Waals surface area (Å²) >= 11 is 0. The summed E-state index contributed by atoms with van der Waals surface area (Å²) < 4.78 is 13.4. The monoisotopic (exact) mass is 521 g/mol. The number of aromatic nitrogens is 2. The number of aromatic amines is 1. The molecule has 2 heterocycles. The van der Waals surface area contributed by atoms with Gasteiger partial charge in [0.15, 0.2) is 11.5 Å². The second-order valence-electron chi connectivity index (χ2n) is 12.9. The van der Waals surface area contributed by atoms with Gasteiger partial charge in [-0.05, 0) is 88.5 Å². The third kappa shape index (κ3) is 5.55. The quantitative estimate of drug-likeness (QED) is 0.437. The van der Waals surface area contributed by atoms with Gasteiger partial charge in [0.25, 0.3) is 5.91 Å². The summed E-state index contributed by atoms with van der Waals surface area (Å²) in [5.41, 5.74) is 1.86. The normalized spacial score (nSPS) is 21.8. The number of carbonyl (C=O) groups is 1. The number of hydrogen-bond donors (Lipinski definition) is 3. The van der Waals surface area contributed by atoms with Crippen molar-refractivity contribution in [1.29, 1.82) is 5.26 Å². The number of hydrogen-bond acceptors (Lipinski definition) is 5. The third-order valence-corrected chi connectivity index (χ3v) is 8.25. The van der Waals surface area contributed by atoms with E-state index < -0.39 is 29.3 Å². The number of imidazole rings is 1. The number of aliphatic hydroxyl groups is 1. The van der Waals surface area contributed by atoms with Crippen LogP contribution >= 0.6 is 0 Å². The van der Waals surface area contributed by atoms with E-state index in [1.807, 2.05) is 24.3 Å². The molecule has 8 heteroatoms. The molecule has 38 heavy (non-hydrogen) atoms. The van der Waals surface area contributed by atoms with Crippen LogP contribution in [0.2, 0.25) is 0 Å². The molecular weight excluding hydrogens is 481 g/mol. The Morgan fingerprint density at radius 3 is 2.45 bits per heavy atom. The summed E-state index contributed by atoms with van der Waals surface area (Å²) in [5, 5.41) is 24.1. The summed E-state index contributed by atoms with van der Waals surface area (Å²) in [4.78, 5) is 21.9. The lowest BCUT2D eigenvalue weighted by molar-refractivity contribution is -0.140. The molecule has 0 atom stereocenters. The Morgan fingerprint density at radius 1 is 1.21 bits per heavy atom. The Labute approximate surface area is 225 Å². The number of amides is 1. The number of allylic oxidation sites excluding steroid dienone is 2. The van der Waals surface area contributed by atoms with E-state index in [-0.39, 0.29) is 16.9 Å². The maximum atomic E-state index is 13.4. The first-order valence-corrected chi connectivity index (χ1v) is 13.4. The molecule has 1 amide bonds. The molecule has 1 fully saturated rings. The molecule has 2 aromatic rings. The highest BCUT2D eigenvalue weighted by Gasteiger charge is 2.52. The molecule has 1 aromatic carbocycles. The number of benzene rings is 1. The summed E-state index contributed by atoms with van der Waals surface area (Å²) in [6.45, 7) is 12.7. The molecule has 7 nitrogen and oxygen atoms in total. The van der Waals surface area contributed by atoms with Crippen LogP contribution in [0.5, 0.6) is 0 Å². The molecule has 1 aromatic heterocycles. The Balaban J connectivity index is 1.74. The van der Waals surface area contributed by atoms with Crippen LogP contribution in [0, 0.1) is 16.7 Å². The number of alkyl halides is 1.